The van der Waals surface area contributed by atoms with Crippen LogP contribution in [0.25, 0.3) is 0 Å². The number of hydrogen-bond donors (Lipinski definition) is 0. The molecule has 2 aliphatic carbocycles. The number of rotatable bonds is 3. The van der Waals surface area contributed by atoms with Crippen LogP contribution in [0, 0.1) is 0 Å². The largest absolute Gasteiger partial charge is 0.0774 e. The Morgan fingerprint density at radius 2 is 0.667 bits per heavy atom. The quantitative estimate of drug-likeness (QED) is 0.585. The SMILES string of the molecule is [B]([B]C1CCCCCCC1)C1CCCCCCC1. The van der Waals surface area contributed by atoms with Crippen LogP contribution in [0.2, 0.25) is 11.6 Å². The van der Waals surface area contributed by atoms with Crippen LogP contribution >= 0.6 is 0 Å². The van der Waals surface area contributed by atoms with Gasteiger partial charge in [-0.1, -0.05) is 102 Å². The molecule has 0 N–H and O–H groups in total. The van der Waals surface area contributed by atoms with Gasteiger partial charge in [-0.25, -0.2) is 0 Å². The smallest absolute Gasteiger partial charge is 0.0699 e. The summed E-state index contributed by atoms with van der Waals surface area (Å²) in [6.07, 6.45) is 20.6. The van der Waals surface area contributed by atoms with Crippen molar-refractivity contribution in [1.29, 1.82) is 0 Å². The molecule has 0 bridgehead atoms. The van der Waals surface area contributed by atoms with Crippen molar-refractivity contribution in [3.63, 3.8) is 0 Å². The van der Waals surface area contributed by atoms with Gasteiger partial charge >= 0.3 is 0 Å². The fourth-order valence-electron chi connectivity index (χ4n) is 3.67. The zero-order chi connectivity index (χ0) is 12.5. The molecule has 0 unspecified atom stereocenters. The zero-order valence-corrected chi connectivity index (χ0v) is 12.2. The van der Waals surface area contributed by atoms with Crippen LogP contribution in [0.4, 0.5) is 0 Å². The first-order chi connectivity index (χ1) is 8.95. The summed E-state index contributed by atoms with van der Waals surface area (Å²) in [5.74, 6) is 1.83. The Labute approximate surface area is 116 Å². The maximum atomic E-state index is 2.61. The Morgan fingerprint density at radius 3 is 1.00 bits per heavy atom. The first-order valence-electron chi connectivity index (χ1n) is 8.63. The highest BCUT2D eigenvalue weighted by molar-refractivity contribution is 7.01. The molecule has 0 aromatic heterocycles. The fourth-order valence-corrected chi connectivity index (χ4v) is 3.67. The average Bonchev–Trinajstić information content (AvgIpc) is 2.29. The van der Waals surface area contributed by atoms with Crippen molar-refractivity contribution in [2.24, 2.45) is 0 Å². The molecule has 0 atom stereocenters. The van der Waals surface area contributed by atoms with E-state index in [1.807, 2.05) is 0 Å². The fraction of sp³-hybridized carbons (Fsp3) is 1.00. The van der Waals surface area contributed by atoms with Crippen molar-refractivity contribution >= 4 is 14.3 Å². The lowest BCUT2D eigenvalue weighted by Gasteiger charge is -2.23. The van der Waals surface area contributed by atoms with E-state index in [9.17, 15) is 0 Å². The van der Waals surface area contributed by atoms with Crippen molar-refractivity contribution < 1.29 is 0 Å². The van der Waals surface area contributed by atoms with Gasteiger partial charge in [0, 0.05) is 0 Å². The summed E-state index contributed by atoms with van der Waals surface area (Å²) in [7, 11) is 5.22. The van der Waals surface area contributed by atoms with Gasteiger partial charge in [0.1, 0.15) is 0 Å². The Bertz CT molecular complexity index is 167. The van der Waals surface area contributed by atoms with E-state index in [0.717, 1.165) is 11.6 Å². The first kappa shape index (κ1) is 14.5. The second-order valence-electron chi connectivity index (χ2n) is 6.60. The van der Waals surface area contributed by atoms with Crippen molar-refractivity contribution in [2.75, 3.05) is 0 Å². The molecule has 2 aliphatic rings. The molecule has 100 valence electrons. The normalized spacial score (nSPS) is 25.6. The maximum absolute atomic E-state index is 2.61. The third-order valence-electron chi connectivity index (χ3n) is 4.96. The second-order valence-corrected chi connectivity index (χ2v) is 6.60. The van der Waals surface area contributed by atoms with Crippen LogP contribution in [0.1, 0.15) is 89.9 Å². The third kappa shape index (κ3) is 5.85. The minimum absolute atomic E-state index is 0.913. The molecule has 2 radical (unpaired) electrons. The van der Waals surface area contributed by atoms with Gasteiger partial charge in [-0.15, -0.1) is 0 Å². The molecule has 0 amide bonds. The zero-order valence-electron chi connectivity index (χ0n) is 12.2. The van der Waals surface area contributed by atoms with Gasteiger partial charge in [-0.05, 0) is 0 Å². The molecule has 18 heavy (non-hydrogen) atoms. The summed E-state index contributed by atoms with van der Waals surface area (Å²) in [6.45, 7) is 0. The van der Waals surface area contributed by atoms with Gasteiger partial charge in [0.15, 0.2) is 0 Å². The van der Waals surface area contributed by atoms with E-state index in [-0.39, 0.29) is 0 Å². The van der Waals surface area contributed by atoms with E-state index in [0.29, 0.717) is 0 Å². The average molecular weight is 244 g/mol. The van der Waals surface area contributed by atoms with Crippen LogP contribution in [-0.2, 0) is 0 Å². The first-order valence-corrected chi connectivity index (χ1v) is 8.63. The lowest BCUT2D eigenvalue weighted by atomic mass is 9.28. The summed E-state index contributed by atoms with van der Waals surface area (Å²) < 4.78 is 0. The van der Waals surface area contributed by atoms with Crippen molar-refractivity contribution in [3.8, 4) is 0 Å². The van der Waals surface area contributed by atoms with Gasteiger partial charge in [-0.3, -0.25) is 0 Å². The Kier molecular flexibility index (Phi) is 7.35. The van der Waals surface area contributed by atoms with Gasteiger partial charge < -0.3 is 0 Å². The highest BCUT2D eigenvalue weighted by Crippen LogP contribution is 2.29. The molecule has 0 saturated heterocycles. The molecule has 0 heterocycles. The Balaban J connectivity index is 1.64. The molecule has 0 aliphatic heterocycles. The molecule has 2 saturated carbocycles. The third-order valence-corrected chi connectivity index (χ3v) is 4.96. The molecule has 2 fully saturated rings. The standard InChI is InChI=1S/C16H30B2/c1-3-7-11-15(12-8-4-1)17-18-16-13-9-5-2-6-10-14-16/h15-16H,1-14H2. The van der Waals surface area contributed by atoms with E-state index >= 15 is 0 Å². The highest BCUT2D eigenvalue weighted by Gasteiger charge is 2.17. The van der Waals surface area contributed by atoms with Crippen molar-refractivity contribution in [2.45, 2.75) is 102 Å². The Hall–Kier alpha value is 0.130. The molecular formula is C16H30B2. The van der Waals surface area contributed by atoms with Gasteiger partial charge in [-0.2, -0.15) is 0 Å². The predicted octanol–water partition coefficient (Wildman–Crippen LogP) is 5.38. The highest BCUT2D eigenvalue weighted by atomic mass is 14.1. The molecular weight excluding hydrogens is 214 g/mol. The summed E-state index contributed by atoms with van der Waals surface area (Å²) in [5, 5.41) is 0. The van der Waals surface area contributed by atoms with Gasteiger partial charge in [0.2, 0.25) is 0 Å². The van der Waals surface area contributed by atoms with Crippen molar-refractivity contribution in [1.82, 2.24) is 0 Å². The molecule has 2 heteroatoms. The molecule has 0 aromatic carbocycles. The molecule has 0 nitrogen and oxygen atoms in total. The van der Waals surface area contributed by atoms with Crippen LogP contribution < -0.4 is 0 Å². The Morgan fingerprint density at radius 1 is 0.389 bits per heavy atom. The molecule has 0 spiro atoms. The van der Waals surface area contributed by atoms with Crippen LogP contribution in [0.15, 0.2) is 0 Å². The molecule has 0 aromatic rings. The van der Waals surface area contributed by atoms with E-state index in [1.54, 1.807) is 0 Å². The second kappa shape index (κ2) is 9.10. The van der Waals surface area contributed by atoms with Crippen LogP contribution in [-0.4, -0.2) is 14.3 Å². The van der Waals surface area contributed by atoms with Crippen LogP contribution in [0.3, 0.4) is 0 Å². The van der Waals surface area contributed by atoms with Crippen LogP contribution in [0.5, 0.6) is 0 Å². The minimum atomic E-state index is 0.913. The predicted molar refractivity (Wildman–Crippen MR) is 83.6 cm³/mol. The lowest BCUT2D eigenvalue weighted by Crippen LogP contribution is -2.19. The van der Waals surface area contributed by atoms with E-state index in [2.05, 4.69) is 14.3 Å². The van der Waals surface area contributed by atoms with E-state index in [4.69, 9.17) is 0 Å². The van der Waals surface area contributed by atoms with E-state index in [1.165, 1.54) is 89.9 Å². The summed E-state index contributed by atoms with van der Waals surface area (Å²) in [5.41, 5.74) is 0. The van der Waals surface area contributed by atoms with Crippen molar-refractivity contribution in [3.05, 3.63) is 0 Å². The maximum Gasteiger partial charge on any atom is 0.0699 e. The summed E-state index contributed by atoms with van der Waals surface area (Å²) in [4.78, 5) is 0. The summed E-state index contributed by atoms with van der Waals surface area (Å²) >= 11 is 0. The van der Waals surface area contributed by atoms with Gasteiger partial charge in [0.25, 0.3) is 0 Å². The summed E-state index contributed by atoms with van der Waals surface area (Å²) in [6, 6.07) is 0. The van der Waals surface area contributed by atoms with Gasteiger partial charge in [0.05, 0.1) is 14.3 Å². The topological polar surface area (TPSA) is 0 Å². The lowest BCUT2D eigenvalue weighted by molar-refractivity contribution is 0.498. The minimum Gasteiger partial charge on any atom is -0.0774 e. The monoisotopic (exact) mass is 244 g/mol. The van der Waals surface area contributed by atoms with E-state index < -0.39 is 0 Å². The molecule has 2 rings (SSSR count). The number of hydrogen-bond acceptors (Lipinski definition) is 0.